The number of benzene rings is 2. The Morgan fingerprint density at radius 1 is 1.03 bits per heavy atom. The highest BCUT2D eigenvalue weighted by molar-refractivity contribution is 7.89. The summed E-state index contributed by atoms with van der Waals surface area (Å²) in [4.78, 5) is 26.0. The van der Waals surface area contributed by atoms with Crippen LogP contribution in [0.4, 0.5) is 0 Å². The smallest absolute Gasteiger partial charge is 0.339 e. The average Bonchev–Trinajstić information content (AvgIpc) is 2.78. The van der Waals surface area contributed by atoms with Gasteiger partial charge in [0.15, 0.2) is 0 Å². The summed E-state index contributed by atoms with van der Waals surface area (Å²) in [7, 11) is -3.94. The molecule has 186 valence electrons. The SMILES string of the molecule is Cc1ccc(S(=O)(=O)N[C@@H](CC(C)C)C(=O)Oc2cc(C)cc3oc(=O)c4c(c23)CCCC4)cc1. The molecule has 1 N–H and O–H groups in total. The lowest BCUT2D eigenvalue weighted by molar-refractivity contribution is -0.136. The fraction of sp³-hybridized carbons (Fsp3) is 0.407. The summed E-state index contributed by atoms with van der Waals surface area (Å²) in [5, 5.41) is 0.614. The molecule has 7 nitrogen and oxygen atoms in total. The van der Waals surface area contributed by atoms with Crippen LogP contribution in [-0.4, -0.2) is 20.4 Å². The van der Waals surface area contributed by atoms with Gasteiger partial charge in [0.2, 0.25) is 10.0 Å². The third-order valence-electron chi connectivity index (χ3n) is 6.26. The molecular formula is C27H31NO6S. The number of hydrogen-bond donors (Lipinski definition) is 1. The Bertz CT molecular complexity index is 1420. The largest absolute Gasteiger partial charge is 0.425 e. The Kier molecular flexibility index (Phi) is 7.15. The van der Waals surface area contributed by atoms with Gasteiger partial charge in [-0.05, 0) is 87.3 Å². The summed E-state index contributed by atoms with van der Waals surface area (Å²) >= 11 is 0. The Hall–Kier alpha value is -2.97. The minimum atomic E-state index is -3.94. The first-order chi connectivity index (χ1) is 16.5. The molecular weight excluding hydrogens is 466 g/mol. The van der Waals surface area contributed by atoms with Crippen LogP contribution >= 0.6 is 0 Å². The molecule has 0 saturated carbocycles. The third-order valence-corrected chi connectivity index (χ3v) is 7.75. The number of nitrogens with one attached hydrogen (secondary N) is 1. The molecule has 1 aliphatic carbocycles. The Morgan fingerprint density at radius 3 is 2.34 bits per heavy atom. The number of aryl methyl sites for hydroxylation is 3. The molecule has 2 aromatic carbocycles. The van der Waals surface area contributed by atoms with Gasteiger partial charge in [0.1, 0.15) is 17.4 Å². The van der Waals surface area contributed by atoms with Crippen LogP contribution in [0.3, 0.4) is 0 Å². The number of fused-ring (bicyclic) bond motifs is 3. The third kappa shape index (κ3) is 5.49. The number of esters is 1. The fourth-order valence-electron chi connectivity index (χ4n) is 4.56. The monoisotopic (exact) mass is 497 g/mol. The fourth-order valence-corrected chi connectivity index (χ4v) is 5.76. The Morgan fingerprint density at radius 2 is 1.69 bits per heavy atom. The molecule has 0 unspecified atom stereocenters. The van der Waals surface area contributed by atoms with Gasteiger partial charge in [-0.2, -0.15) is 4.72 Å². The molecule has 1 aromatic heterocycles. The molecule has 4 rings (SSSR count). The Balaban J connectivity index is 1.71. The molecule has 1 aliphatic rings. The van der Waals surface area contributed by atoms with E-state index >= 15 is 0 Å². The number of sulfonamides is 1. The zero-order chi connectivity index (χ0) is 25.3. The molecule has 8 heteroatoms. The van der Waals surface area contributed by atoms with E-state index in [-0.39, 0.29) is 28.6 Å². The van der Waals surface area contributed by atoms with Crippen LogP contribution in [-0.2, 0) is 27.7 Å². The summed E-state index contributed by atoms with van der Waals surface area (Å²) < 4.78 is 40.0. The molecule has 1 atom stereocenters. The van der Waals surface area contributed by atoms with Gasteiger partial charge >= 0.3 is 11.6 Å². The molecule has 3 aromatic rings. The second kappa shape index (κ2) is 9.95. The first kappa shape index (κ1) is 25.1. The van der Waals surface area contributed by atoms with E-state index in [0.717, 1.165) is 29.5 Å². The maximum atomic E-state index is 13.4. The van der Waals surface area contributed by atoms with E-state index in [1.807, 2.05) is 27.7 Å². The molecule has 0 radical (unpaired) electrons. The second-order valence-corrected chi connectivity index (χ2v) is 11.4. The summed E-state index contributed by atoms with van der Waals surface area (Å²) in [6.07, 6.45) is 3.42. The minimum absolute atomic E-state index is 0.0355. The summed E-state index contributed by atoms with van der Waals surface area (Å²) in [5.74, 6) is -0.375. The predicted molar refractivity (Wildman–Crippen MR) is 134 cm³/mol. The molecule has 35 heavy (non-hydrogen) atoms. The minimum Gasteiger partial charge on any atom is -0.425 e. The van der Waals surface area contributed by atoms with E-state index in [2.05, 4.69) is 4.72 Å². The van der Waals surface area contributed by atoms with Crippen molar-refractivity contribution >= 4 is 27.0 Å². The van der Waals surface area contributed by atoms with Crippen LogP contribution in [0.5, 0.6) is 5.75 Å². The van der Waals surface area contributed by atoms with Crippen LogP contribution in [0.15, 0.2) is 50.5 Å². The average molecular weight is 498 g/mol. The van der Waals surface area contributed by atoms with Crippen LogP contribution in [0, 0.1) is 19.8 Å². The van der Waals surface area contributed by atoms with Crippen molar-refractivity contribution in [1.29, 1.82) is 0 Å². The van der Waals surface area contributed by atoms with E-state index in [1.54, 1.807) is 24.3 Å². The lowest BCUT2D eigenvalue weighted by Gasteiger charge is -2.21. The Labute approximate surface area is 205 Å². The van der Waals surface area contributed by atoms with Crippen molar-refractivity contribution in [3.63, 3.8) is 0 Å². The maximum Gasteiger partial charge on any atom is 0.339 e. The highest BCUT2D eigenvalue weighted by atomic mass is 32.2. The number of carbonyl (C=O) groups is 1. The van der Waals surface area contributed by atoms with E-state index in [4.69, 9.17) is 9.15 Å². The van der Waals surface area contributed by atoms with Gasteiger partial charge in [-0.15, -0.1) is 0 Å². The summed E-state index contributed by atoms with van der Waals surface area (Å²) in [5.41, 5.74) is 3.20. The molecule has 0 spiro atoms. The van der Waals surface area contributed by atoms with E-state index in [9.17, 15) is 18.0 Å². The summed E-state index contributed by atoms with van der Waals surface area (Å²) in [6.45, 7) is 7.51. The quantitative estimate of drug-likeness (QED) is 0.291. The van der Waals surface area contributed by atoms with Gasteiger partial charge in [-0.25, -0.2) is 18.0 Å². The molecule has 1 heterocycles. The van der Waals surface area contributed by atoms with Crippen molar-refractivity contribution in [2.45, 2.75) is 70.7 Å². The number of carbonyl (C=O) groups excluding carboxylic acids is 1. The maximum absolute atomic E-state index is 13.4. The van der Waals surface area contributed by atoms with Gasteiger partial charge < -0.3 is 9.15 Å². The van der Waals surface area contributed by atoms with Crippen LogP contribution in [0.2, 0.25) is 0 Å². The van der Waals surface area contributed by atoms with Crippen molar-refractivity contribution < 1.29 is 22.4 Å². The van der Waals surface area contributed by atoms with Gasteiger partial charge in [-0.1, -0.05) is 31.5 Å². The van der Waals surface area contributed by atoms with Gasteiger partial charge in [0.05, 0.1) is 10.3 Å². The lowest BCUT2D eigenvalue weighted by Crippen LogP contribution is -2.43. The van der Waals surface area contributed by atoms with Gasteiger partial charge in [-0.3, -0.25) is 0 Å². The molecule has 0 amide bonds. The first-order valence-electron chi connectivity index (χ1n) is 11.9. The lowest BCUT2D eigenvalue weighted by atomic mass is 9.90. The highest BCUT2D eigenvalue weighted by Crippen LogP contribution is 2.35. The predicted octanol–water partition coefficient (Wildman–Crippen LogP) is 4.59. The van der Waals surface area contributed by atoms with Crippen molar-refractivity contribution in [3.8, 4) is 5.75 Å². The van der Waals surface area contributed by atoms with Crippen LogP contribution in [0.25, 0.3) is 11.0 Å². The van der Waals surface area contributed by atoms with Crippen molar-refractivity contribution in [2.24, 2.45) is 5.92 Å². The molecule has 0 fully saturated rings. The zero-order valence-corrected chi connectivity index (χ0v) is 21.3. The van der Waals surface area contributed by atoms with E-state index < -0.39 is 22.0 Å². The highest BCUT2D eigenvalue weighted by Gasteiger charge is 2.30. The van der Waals surface area contributed by atoms with E-state index in [1.165, 1.54) is 12.1 Å². The van der Waals surface area contributed by atoms with Gasteiger partial charge in [0.25, 0.3) is 0 Å². The number of ether oxygens (including phenoxy) is 1. The summed E-state index contributed by atoms with van der Waals surface area (Å²) in [6, 6.07) is 8.85. The van der Waals surface area contributed by atoms with Crippen LogP contribution in [0.1, 0.15) is 55.4 Å². The molecule has 0 saturated heterocycles. The normalized spacial score (nSPS) is 14.7. The van der Waals surface area contributed by atoms with E-state index in [0.29, 0.717) is 29.4 Å². The number of hydrogen-bond acceptors (Lipinski definition) is 6. The van der Waals surface area contributed by atoms with Crippen molar-refractivity contribution in [3.05, 3.63) is 69.1 Å². The van der Waals surface area contributed by atoms with Crippen molar-refractivity contribution in [1.82, 2.24) is 4.72 Å². The topological polar surface area (TPSA) is 103 Å². The molecule has 0 bridgehead atoms. The van der Waals surface area contributed by atoms with Gasteiger partial charge in [0, 0.05) is 5.56 Å². The number of rotatable bonds is 7. The first-order valence-corrected chi connectivity index (χ1v) is 13.4. The molecule has 0 aliphatic heterocycles. The van der Waals surface area contributed by atoms with Crippen LogP contribution < -0.4 is 15.1 Å². The van der Waals surface area contributed by atoms with Crippen molar-refractivity contribution in [2.75, 3.05) is 0 Å². The standard InChI is InChI=1S/C27H31NO6S/c1-16(2)13-22(28-35(31,32)19-11-9-17(3)10-12-19)27(30)34-24-15-18(4)14-23-25(24)20-7-5-6-8-21(20)26(29)33-23/h9-12,14-16,22,28H,5-8,13H2,1-4H3/t22-/m0/s1. The zero-order valence-electron chi connectivity index (χ0n) is 20.5. The second-order valence-electron chi connectivity index (χ2n) is 9.73.